The summed E-state index contributed by atoms with van der Waals surface area (Å²) in [5.74, 6) is -0.373. The minimum absolute atomic E-state index is 0.0763. The number of nitrogens with one attached hydrogen (secondary N) is 2. The van der Waals surface area contributed by atoms with Crippen molar-refractivity contribution in [2.75, 3.05) is 6.54 Å². The summed E-state index contributed by atoms with van der Waals surface area (Å²) in [6, 6.07) is 13.5. The van der Waals surface area contributed by atoms with Crippen LogP contribution in [0.3, 0.4) is 0 Å². The minimum Gasteiger partial charge on any atom is -0.361 e. The predicted octanol–water partition coefficient (Wildman–Crippen LogP) is 4.15. The summed E-state index contributed by atoms with van der Waals surface area (Å²) in [7, 11) is 0. The highest BCUT2D eigenvalue weighted by Gasteiger charge is 2.10. The monoisotopic (exact) mass is 355 g/mol. The van der Waals surface area contributed by atoms with E-state index in [9.17, 15) is 10.1 Å². The number of halogens is 1. The number of hydrogen-bond donors (Lipinski definition) is 2. The molecule has 0 aliphatic carbocycles. The largest absolute Gasteiger partial charge is 0.361 e. The van der Waals surface area contributed by atoms with Gasteiger partial charge < -0.3 is 10.3 Å². The third-order valence-electron chi connectivity index (χ3n) is 3.60. The number of H-pyrrole nitrogens is 1. The van der Waals surface area contributed by atoms with Gasteiger partial charge >= 0.3 is 0 Å². The van der Waals surface area contributed by atoms with Crippen molar-refractivity contribution in [2.24, 2.45) is 0 Å². The summed E-state index contributed by atoms with van der Waals surface area (Å²) < 4.78 is 0.623. The van der Waals surface area contributed by atoms with Gasteiger partial charge in [-0.15, -0.1) is 11.3 Å². The first-order valence-electron chi connectivity index (χ1n) is 7.37. The fraction of sp³-hybridized carbons (Fsp3) is 0.111. The highest BCUT2D eigenvalue weighted by molar-refractivity contribution is 7.17. The Kier molecular flexibility index (Phi) is 4.99. The Labute approximate surface area is 148 Å². The lowest BCUT2D eigenvalue weighted by molar-refractivity contribution is -0.117. The summed E-state index contributed by atoms with van der Waals surface area (Å²) in [6.45, 7) is 0.463. The number of hydrogen-bond acceptors (Lipinski definition) is 3. The molecule has 2 heterocycles. The maximum absolute atomic E-state index is 12.1. The first kappa shape index (κ1) is 16.3. The number of carbonyl (C=O) groups is 1. The molecule has 0 spiro atoms. The Bertz CT molecular complexity index is 948. The van der Waals surface area contributed by atoms with Crippen LogP contribution in [0.2, 0.25) is 4.34 Å². The lowest BCUT2D eigenvalue weighted by Crippen LogP contribution is -2.26. The number of amides is 1. The van der Waals surface area contributed by atoms with E-state index in [4.69, 9.17) is 11.6 Å². The molecule has 0 fully saturated rings. The third kappa shape index (κ3) is 3.67. The predicted molar refractivity (Wildman–Crippen MR) is 97.9 cm³/mol. The van der Waals surface area contributed by atoms with E-state index in [0.717, 1.165) is 21.3 Å². The average molecular weight is 356 g/mol. The van der Waals surface area contributed by atoms with Gasteiger partial charge in [0.15, 0.2) is 0 Å². The van der Waals surface area contributed by atoms with Crippen LogP contribution in [-0.2, 0) is 11.2 Å². The molecule has 0 radical (unpaired) electrons. The molecule has 3 rings (SSSR count). The molecule has 120 valence electrons. The Morgan fingerprint density at radius 3 is 2.92 bits per heavy atom. The second-order valence-electron chi connectivity index (χ2n) is 5.18. The minimum atomic E-state index is -0.373. The molecule has 1 aromatic carbocycles. The van der Waals surface area contributed by atoms with Crippen LogP contribution in [-0.4, -0.2) is 17.4 Å². The van der Waals surface area contributed by atoms with Gasteiger partial charge in [-0.1, -0.05) is 29.8 Å². The SMILES string of the molecule is N#CC(=Cc1ccc(Cl)s1)C(=O)NCCc1c[nH]c2ccccc12. The number of thiophene rings is 1. The van der Waals surface area contributed by atoms with Gasteiger partial charge in [-0.25, -0.2) is 0 Å². The number of fused-ring (bicyclic) bond motifs is 1. The van der Waals surface area contributed by atoms with Crippen LogP contribution in [0.1, 0.15) is 10.4 Å². The first-order valence-corrected chi connectivity index (χ1v) is 8.57. The molecule has 0 aliphatic rings. The maximum Gasteiger partial charge on any atom is 0.261 e. The highest BCUT2D eigenvalue weighted by Crippen LogP contribution is 2.23. The summed E-state index contributed by atoms with van der Waals surface area (Å²) in [6.07, 6.45) is 4.20. The Morgan fingerprint density at radius 1 is 1.33 bits per heavy atom. The van der Waals surface area contributed by atoms with E-state index in [1.807, 2.05) is 36.5 Å². The van der Waals surface area contributed by atoms with Gasteiger partial charge in [0.1, 0.15) is 11.6 Å². The molecule has 0 saturated heterocycles. The van der Waals surface area contributed by atoms with Gasteiger partial charge in [0.2, 0.25) is 0 Å². The molecule has 0 atom stereocenters. The number of rotatable bonds is 5. The number of para-hydroxylation sites is 1. The number of aromatic nitrogens is 1. The highest BCUT2D eigenvalue weighted by atomic mass is 35.5. The van der Waals surface area contributed by atoms with E-state index < -0.39 is 0 Å². The standard InChI is InChI=1S/C18H14ClN3OS/c19-17-6-5-14(24-17)9-13(10-20)18(23)21-8-7-12-11-22-16-4-2-1-3-15(12)16/h1-6,9,11,22H,7-8H2,(H,21,23). The molecule has 0 bridgehead atoms. The Morgan fingerprint density at radius 2 is 2.17 bits per heavy atom. The Hall–Kier alpha value is -2.55. The van der Waals surface area contributed by atoms with Crippen LogP contribution >= 0.6 is 22.9 Å². The van der Waals surface area contributed by atoms with Crippen molar-refractivity contribution >= 4 is 45.8 Å². The van der Waals surface area contributed by atoms with Crippen molar-refractivity contribution in [1.29, 1.82) is 5.26 Å². The molecule has 4 nitrogen and oxygen atoms in total. The summed E-state index contributed by atoms with van der Waals surface area (Å²) >= 11 is 7.18. The zero-order valence-electron chi connectivity index (χ0n) is 12.7. The molecule has 2 aromatic heterocycles. The van der Waals surface area contributed by atoms with Crippen LogP contribution in [0, 0.1) is 11.3 Å². The van der Waals surface area contributed by atoms with Crippen LogP contribution in [0.4, 0.5) is 0 Å². The van der Waals surface area contributed by atoms with Gasteiger partial charge in [-0.05, 0) is 36.3 Å². The topological polar surface area (TPSA) is 68.7 Å². The zero-order chi connectivity index (χ0) is 16.9. The number of benzene rings is 1. The quantitative estimate of drug-likeness (QED) is 0.533. The third-order valence-corrected chi connectivity index (χ3v) is 4.78. The number of nitriles is 1. The molecule has 0 aliphatic heterocycles. The van der Waals surface area contributed by atoms with Gasteiger partial charge in [0, 0.05) is 28.5 Å². The smallest absolute Gasteiger partial charge is 0.261 e. The molecule has 0 unspecified atom stereocenters. The van der Waals surface area contributed by atoms with Crippen LogP contribution in [0.25, 0.3) is 17.0 Å². The molecular weight excluding hydrogens is 342 g/mol. The molecule has 0 saturated carbocycles. The number of aromatic amines is 1. The van der Waals surface area contributed by atoms with E-state index in [2.05, 4.69) is 10.3 Å². The first-order chi connectivity index (χ1) is 11.7. The Balaban J connectivity index is 1.62. The molecule has 1 amide bonds. The summed E-state index contributed by atoms with van der Waals surface area (Å²) in [5.41, 5.74) is 2.29. The van der Waals surface area contributed by atoms with E-state index in [1.165, 1.54) is 11.3 Å². The van der Waals surface area contributed by atoms with Gasteiger partial charge in [0.25, 0.3) is 5.91 Å². The van der Waals surface area contributed by atoms with Crippen molar-refractivity contribution < 1.29 is 4.79 Å². The van der Waals surface area contributed by atoms with Gasteiger partial charge in [-0.2, -0.15) is 5.26 Å². The van der Waals surface area contributed by atoms with Crippen LogP contribution in [0.15, 0.2) is 48.2 Å². The van der Waals surface area contributed by atoms with E-state index in [-0.39, 0.29) is 11.5 Å². The fourth-order valence-electron chi connectivity index (χ4n) is 2.44. The number of carbonyl (C=O) groups excluding carboxylic acids is 1. The molecule has 6 heteroatoms. The van der Waals surface area contributed by atoms with Gasteiger partial charge in [0.05, 0.1) is 4.34 Å². The molecule has 2 N–H and O–H groups in total. The average Bonchev–Trinajstić information content (AvgIpc) is 3.19. The maximum atomic E-state index is 12.1. The second-order valence-corrected chi connectivity index (χ2v) is 6.92. The number of nitrogens with zero attached hydrogens (tertiary/aromatic N) is 1. The van der Waals surface area contributed by atoms with Crippen molar-refractivity contribution in [3.63, 3.8) is 0 Å². The normalized spacial score (nSPS) is 11.4. The van der Waals surface area contributed by atoms with Crippen LogP contribution in [0.5, 0.6) is 0 Å². The van der Waals surface area contributed by atoms with Crippen molar-refractivity contribution in [2.45, 2.75) is 6.42 Å². The van der Waals surface area contributed by atoms with Crippen molar-refractivity contribution in [1.82, 2.24) is 10.3 Å². The van der Waals surface area contributed by atoms with Gasteiger partial charge in [-0.3, -0.25) is 4.79 Å². The van der Waals surface area contributed by atoms with E-state index >= 15 is 0 Å². The van der Waals surface area contributed by atoms with Crippen molar-refractivity contribution in [3.8, 4) is 6.07 Å². The summed E-state index contributed by atoms with van der Waals surface area (Å²) in [5, 5.41) is 13.1. The molecule has 3 aromatic rings. The molecule has 24 heavy (non-hydrogen) atoms. The lowest BCUT2D eigenvalue weighted by Gasteiger charge is -2.03. The van der Waals surface area contributed by atoms with E-state index in [1.54, 1.807) is 18.2 Å². The van der Waals surface area contributed by atoms with Crippen LogP contribution < -0.4 is 5.32 Å². The molecular formula is C18H14ClN3OS. The lowest BCUT2D eigenvalue weighted by atomic mass is 10.1. The zero-order valence-corrected chi connectivity index (χ0v) is 14.2. The van der Waals surface area contributed by atoms with Crippen molar-refractivity contribution in [3.05, 3.63) is 62.9 Å². The second kappa shape index (κ2) is 7.35. The summed E-state index contributed by atoms with van der Waals surface area (Å²) in [4.78, 5) is 16.1. The fourth-order valence-corrected chi connectivity index (χ4v) is 3.45. The van der Waals surface area contributed by atoms with E-state index in [0.29, 0.717) is 17.3 Å².